The lowest BCUT2D eigenvalue weighted by Gasteiger charge is -2.30. The van der Waals surface area contributed by atoms with Crippen LogP contribution < -0.4 is 14.2 Å². The maximum Gasteiger partial charge on any atom is 0.180 e. The van der Waals surface area contributed by atoms with E-state index in [9.17, 15) is 0 Å². The topological polar surface area (TPSA) is 27.7 Å². The Kier molecular flexibility index (Phi) is 5.89. The Morgan fingerprint density at radius 3 is 2.54 bits per heavy atom. The SMILES string of the molecule is COc1cccc(C(C)CC2COc3c(ccc(C(C)C)c3Cl)O2)c1Cl. The predicted octanol–water partition coefficient (Wildman–Crippen LogP) is 6.46. The molecular formula is C21H24Cl2O3. The number of benzene rings is 2. The van der Waals surface area contributed by atoms with Gasteiger partial charge in [0.1, 0.15) is 18.5 Å². The van der Waals surface area contributed by atoms with Gasteiger partial charge in [0.05, 0.1) is 17.2 Å². The van der Waals surface area contributed by atoms with Crippen LogP contribution in [0.25, 0.3) is 0 Å². The number of hydrogen-bond acceptors (Lipinski definition) is 3. The molecule has 3 rings (SSSR count). The second kappa shape index (κ2) is 7.98. The second-order valence-electron chi connectivity index (χ2n) is 7.00. The first-order valence-corrected chi connectivity index (χ1v) is 9.62. The molecule has 1 heterocycles. The summed E-state index contributed by atoms with van der Waals surface area (Å²) in [6.45, 7) is 6.83. The Hall–Kier alpha value is -1.58. The maximum absolute atomic E-state index is 6.49. The Bertz CT molecular complexity index is 789. The molecule has 0 aliphatic carbocycles. The fourth-order valence-corrected chi connectivity index (χ4v) is 4.14. The van der Waals surface area contributed by atoms with Gasteiger partial charge in [-0.3, -0.25) is 0 Å². The summed E-state index contributed by atoms with van der Waals surface area (Å²) in [4.78, 5) is 0. The summed E-state index contributed by atoms with van der Waals surface area (Å²) in [6.07, 6.45) is 0.733. The Morgan fingerprint density at radius 2 is 1.85 bits per heavy atom. The number of hydrogen-bond donors (Lipinski definition) is 0. The van der Waals surface area contributed by atoms with Crippen LogP contribution in [0.3, 0.4) is 0 Å². The highest BCUT2D eigenvalue weighted by Gasteiger charge is 2.27. The lowest BCUT2D eigenvalue weighted by molar-refractivity contribution is 0.0806. The van der Waals surface area contributed by atoms with Crippen molar-refractivity contribution >= 4 is 23.2 Å². The van der Waals surface area contributed by atoms with E-state index in [2.05, 4.69) is 20.8 Å². The van der Waals surface area contributed by atoms with Gasteiger partial charge in [0.2, 0.25) is 0 Å². The van der Waals surface area contributed by atoms with E-state index < -0.39 is 0 Å². The summed E-state index contributed by atoms with van der Waals surface area (Å²) >= 11 is 12.9. The zero-order valence-corrected chi connectivity index (χ0v) is 17.0. The molecule has 5 heteroatoms. The van der Waals surface area contributed by atoms with Gasteiger partial charge >= 0.3 is 0 Å². The molecule has 0 N–H and O–H groups in total. The maximum atomic E-state index is 6.49. The molecule has 26 heavy (non-hydrogen) atoms. The Balaban J connectivity index is 1.75. The molecule has 2 aromatic carbocycles. The molecule has 3 nitrogen and oxygen atoms in total. The van der Waals surface area contributed by atoms with E-state index in [4.69, 9.17) is 37.4 Å². The highest BCUT2D eigenvalue weighted by atomic mass is 35.5. The highest BCUT2D eigenvalue weighted by molar-refractivity contribution is 6.33. The van der Waals surface area contributed by atoms with Crippen molar-refractivity contribution < 1.29 is 14.2 Å². The molecule has 0 amide bonds. The van der Waals surface area contributed by atoms with Gasteiger partial charge in [-0.05, 0) is 41.5 Å². The molecule has 0 aromatic heterocycles. The molecule has 140 valence electrons. The Labute approximate surface area is 165 Å². The number of methoxy groups -OCH3 is 1. The van der Waals surface area contributed by atoms with Crippen LogP contribution in [0.4, 0.5) is 0 Å². The molecule has 0 fully saturated rings. The smallest absolute Gasteiger partial charge is 0.180 e. The quantitative estimate of drug-likeness (QED) is 0.582. The standard InChI is InChI=1S/C21H24Cl2O3/c1-12(2)15-8-9-18-21(20(15)23)25-11-14(26-18)10-13(3)16-6-5-7-17(24-4)19(16)22/h5-9,12-14H,10-11H2,1-4H3. The molecule has 0 radical (unpaired) electrons. The van der Waals surface area contributed by atoms with Crippen molar-refractivity contribution in [3.63, 3.8) is 0 Å². The largest absolute Gasteiger partial charge is 0.495 e. The van der Waals surface area contributed by atoms with Crippen LogP contribution in [0.1, 0.15) is 50.2 Å². The van der Waals surface area contributed by atoms with E-state index >= 15 is 0 Å². The average molecular weight is 395 g/mol. The number of fused-ring (bicyclic) bond motifs is 1. The third-order valence-electron chi connectivity index (χ3n) is 4.78. The number of rotatable bonds is 5. The van der Waals surface area contributed by atoms with Crippen molar-refractivity contribution in [3.8, 4) is 17.2 Å². The fourth-order valence-electron chi connectivity index (χ4n) is 3.32. The fraction of sp³-hybridized carbons (Fsp3) is 0.429. The van der Waals surface area contributed by atoms with Gasteiger partial charge < -0.3 is 14.2 Å². The lowest BCUT2D eigenvalue weighted by Crippen LogP contribution is -2.30. The second-order valence-corrected chi connectivity index (χ2v) is 7.76. The molecule has 0 saturated carbocycles. The van der Waals surface area contributed by atoms with E-state index in [0.29, 0.717) is 39.8 Å². The van der Waals surface area contributed by atoms with Crippen LogP contribution >= 0.6 is 23.2 Å². The summed E-state index contributed by atoms with van der Waals surface area (Å²) in [5.74, 6) is 2.60. The summed E-state index contributed by atoms with van der Waals surface area (Å²) in [7, 11) is 1.62. The average Bonchev–Trinajstić information content (AvgIpc) is 2.61. The minimum atomic E-state index is -0.0549. The van der Waals surface area contributed by atoms with Crippen LogP contribution in [0.2, 0.25) is 10.0 Å². The van der Waals surface area contributed by atoms with Crippen molar-refractivity contribution in [2.75, 3.05) is 13.7 Å². The van der Waals surface area contributed by atoms with Crippen LogP contribution in [-0.4, -0.2) is 19.8 Å². The van der Waals surface area contributed by atoms with Crippen LogP contribution in [0.15, 0.2) is 30.3 Å². The first-order chi connectivity index (χ1) is 12.4. The third kappa shape index (κ3) is 3.74. The van der Waals surface area contributed by atoms with Crippen molar-refractivity contribution in [3.05, 3.63) is 51.5 Å². The van der Waals surface area contributed by atoms with Crippen molar-refractivity contribution in [2.24, 2.45) is 0 Å². The normalized spacial score (nSPS) is 17.3. The van der Waals surface area contributed by atoms with Crippen molar-refractivity contribution in [2.45, 2.75) is 45.1 Å². The van der Waals surface area contributed by atoms with Gasteiger partial charge in [-0.15, -0.1) is 0 Å². The third-order valence-corrected chi connectivity index (χ3v) is 5.57. The van der Waals surface area contributed by atoms with Gasteiger partial charge in [0.25, 0.3) is 0 Å². The van der Waals surface area contributed by atoms with E-state index in [0.717, 1.165) is 17.5 Å². The van der Waals surface area contributed by atoms with Gasteiger partial charge in [0.15, 0.2) is 11.5 Å². The van der Waals surface area contributed by atoms with Crippen molar-refractivity contribution in [1.29, 1.82) is 0 Å². The first kappa shape index (κ1) is 19.2. The van der Waals surface area contributed by atoms with Crippen molar-refractivity contribution in [1.82, 2.24) is 0 Å². The van der Waals surface area contributed by atoms with E-state index in [-0.39, 0.29) is 12.0 Å². The van der Waals surface area contributed by atoms with Crippen LogP contribution in [-0.2, 0) is 0 Å². The van der Waals surface area contributed by atoms with E-state index in [1.807, 2.05) is 30.3 Å². The number of halogens is 2. The van der Waals surface area contributed by atoms with Gasteiger partial charge in [0, 0.05) is 0 Å². The van der Waals surface area contributed by atoms with Crippen LogP contribution in [0, 0.1) is 0 Å². The molecule has 1 aliphatic heterocycles. The summed E-state index contributed by atoms with van der Waals surface area (Å²) in [5.41, 5.74) is 2.12. The number of ether oxygens (including phenoxy) is 3. The molecular weight excluding hydrogens is 371 g/mol. The van der Waals surface area contributed by atoms with E-state index in [1.54, 1.807) is 7.11 Å². The molecule has 1 aliphatic rings. The van der Waals surface area contributed by atoms with E-state index in [1.165, 1.54) is 0 Å². The predicted molar refractivity (Wildman–Crippen MR) is 106 cm³/mol. The van der Waals surface area contributed by atoms with Gasteiger partial charge in [-0.1, -0.05) is 62.2 Å². The molecule has 2 aromatic rings. The molecule has 2 atom stereocenters. The van der Waals surface area contributed by atoms with Gasteiger partial charge in [-0.2, -0.15) is 0 Å². The molecule has 0 bridgehead atoms. The summed E-state index contributed by atoms with van der Waals surface area (Å²) < 4.78 is 17.4. The molecule has 2 unspecified atom stereocenters. The first-order valence-electron chi connectivity index (χ1n) is 8.86. The summed E-state index contributed by atoms with van der Waals surface area (Å²) in [5, 5.41) is 1.31. The zero-order chi connectivity index (χ0) is 18.8. The summed E-state index contributed by atoms with van der Waals surface area (Å²) in [6, 6.07) is 9.81. The van der Waals surface area contributed by atoms with Gasteiger partial charge in [-0.25, -0.2) is 0 Å². The monoisotopic (exact) mass is 394 g/mol. The lowest BCUT2D eigenvalue weighted by atomic mass is 9.94. The minimum absolute atomic E-state index is 0.0549. The molecule has 0 spiro atoms. The molecule has 0 saturated heterocycles. The zero-order valence-electron chi connectivity index (χ0n) is 15.5. The van der Waals surface area contributed by atoms with Crippen LogP contribution in [0.5, 0.6) is 17.2 Å². The Morgan fingerprint density at radius 1 is 1.08 bits per heavy atom. The highest BCUT2D eigenvalue weighted by Crippen LogP contribution is 2.44. The minimum Gasteiger partial charge on any atom is -0.495 e.